The number of halogens is 3. The highest BCUT2D eigenvalue weighted by Gasteiger charge is 2.27. The Morgan fingerprint density at radius 2 is 1.68 bits per heavy atom. The van der Waals surface area contributed by atoms with E-state index in [2.05, 4.69) is 26.5 Å². The standard InChI is InChI=1S/C21H16BrCl2N3O3S/c22-16-7-9-17(10-8-16)27(31(29,30)18-4-2-1-3-5-18)14-21(28)26-25-13-15-6-11-19(23)20(24)12-15/h1-13H,14H2,(H,26,28). The number of amides is 1. The van der Waals surface area contributed by atoms with Crippen molar-refractivity contribution in [1.29, 1.82) is 0 Å². The van der Waals surface area contributed by atoms with Crippen LogP contribution in [0.4, 0.5) is 5.69 Å². The summed E-state index contributed by atoms with van der Waals surface area (Å²) in [5.74, 6) is -0.612. The number of carbonyl (C=O) groups excluding carboxylic acids is 1. The van der Waals surface area contributed by atoms with Crippen molar-refractivity contribution in [3.05, 3.63) is 92.9 Å². The summed E-state index contributed by atoms with van der Waals surface area (Å²) in [6, 6.07) is 19.4. The van der Waals surface area contributed by atoms with E-state index in [0.717, 1.165) is 8.78 Å². The Labute approximate surface area is 198 Å². The predicted molar refractivity (Wildman–Crippen MR) is 127 cm³/mol. The average molecular weight is 541 g/mol. The van der Waals surface area contributed by atoms with Crippen LogP contribution in [0.2, 0.25) is 10.0 Å². The highest BCUT2D eigenvalue weighted by Crippen LogP contribution is 2.25. The largest absolute Gasteiger partial charge is 0.271 e. The summed E-state index contributed by atoms with van der Waals surface area (Å²) < 4.78 is 28.2. The Hall–Kier alpha value is -2.39. The molecular weight excluding hydrogens is 525 g/mol. The SMILES string of the molecule is O=C(CN(c1ccc(Br)cc1)S(=O)(=O)c1ccccc1)NN=Cc1ccc(Cl)c(Cl)c1. The number of anilines is 1. The Kier molecular flexibility index (Phi) is 7.72. The number of hydrogen-bond donors (Lipinski definition) is 1. The van der Waals surface area contributed by atoms with Crippen LogP contribution in [-0.2, 0) is 14.8 Å². The second-order valence-electron chi connectivity index (χ2n) is 6.27. The van der Waals surface area contributed by atoms with Gasteiger partial charge in [-0.25, -0.2) is 13.8 Å². The van der Waals surface area contributed by atoms with Gasteiger partial charge in [0.25, 0.3) is 15.9 Å². The zero-order valence-corrected chi connectivity index (χ0v) is 19.8. The summed E-state index contributed by atoms with van der Waals surface area (Å²) in [4.78, 5) is 12.6. The number of benzene rings is 3. The van der Waals surface area contributed by atoms with Crippen molar-refractivity contribution in [1.82, 2.24) is 5.43 Å². The van der Waals surface area contributed by atoms with E-state index in [1.807, 2.05) is 0 Å². The lowest BCUT2D eigenvalue weighted by Gasteiger charge is -2.23. The van der Waals surface area contributed by atoms with Gasteiger partial charge in [0.2, 0.25) is 0 Å². The minimum atomic E-state index is -3.98. The minimum Gasteiger partial charge on any atom is -0.271 e. The maximum atomic E-state index is 13.2. The average Bonchev–Trinajstić information content (AvgIpc) is 2.76. The summed E-state index contributed by atoms with van der Waals surface area (Å²) in [7, 11) is -3.98. The molecule has 1 amide bonds. The molecule has 31 heavy (non-hydrogen) atoms. The molecule has 0 fully saturated rings. The second kappa shape index (κ2) is 10.3. The molecule has 0 aromatic heterocycles. The van der Waals surface area contributed by atoms with Crippen LogP contribution in [0, 0.1) is 0 Å². The van der Waals surface area contributed by atoms with Crippen LogP contribution < -0.4 is 9.73 Å². The third-order valence-electron chi connectivity index (χ3n) is 4.08. The summed E-state index contributed by atoms with van der Waals surface area (Å²) >= 11 is 15.1. The van der Waals surface area contributed by atoms with Crippen molar-refractivity contribution in [2.75, 3.05) is 10.8 Å². The Balaban J connectivity index is 1.81. The molecule has 160 valence electrons. The molecule has 1 N–H and O–H groups in total. The number of nitrogens with one attached hydrogen (secondary N) is 1. The molecule has 3 aromatic rings. The summed E-state index contributed by atoms with van der Waals surface area (Å²) in [6.45, 7) is -0.461. The topological polar surface area (TPSA) is 78.8 Å². The van der Waals surface area contributed by atoms with Crippen LogP contribution in [0.3, 0.4) is 0 Å². The third kappa shape index (κ3) is 6.07. The van der Waals surface area contributed by atoms with E-state index < -0.39 is 22.5 Å². The first-order valence-corrected chi connectivity index (χ1v) is 11.9. The lowest BCUT2D eigenvalue weighted by Crippen LogP contribution is -2.39. The van der Waals surface area contributed by atoms with Gasteiger partial charge in [-0.2, -0.15) is 5.10 Å². The van der Waals surface area contributed by atoms with E-state index in [4.69, 9.17) is 23.2 Å². The Bertz CT molecular complexity index is 1200. The quantitative estimate of drug-likeness (QED) is 0.334. The van der Waals surface area contributed by atoms with Gasteiger partial charge in [-0.05, 0) is 54.1 Å². The maximum absolute atomic E-state index is 13.2. The molecule has 6 nitrogen and oxygen atoms in total. The zero-order valence-electron chi connectivity index (χ0n) is 15.9. The molecule has 0 atom stereocenters. The van der Waals surface area contributed by atoms with E-state index in [9.17, 15) is 13.2 Å². The second-order valence-corrected chi connectivity index (χ2v) is 9.86. The van der Waals surface area contributed by atoms with Crippen molar-refractivity contribution < 1.29 is 13.2 Å². The van der Waals surface area contributed by atoms with Gasteiger partial charge in [-0.15, -0.1) is 0 Å². The van der Waals surface area contributed by atoms with Crippen LogP contribution >= 0.6 is 39.1 Å². The molecule has 0 aliphatic heterocycles. The minimum absolute atomic E-state index is 0.0741. The first kappa shape index (κ1) is 23.3. The third-order valence-corrected chi connectivity index (χ3v) is 7.14. The number of rotatable bonds is 7. The van der Waals surface area contributed by atoms with Crippen LogP contribution in [-0.4, -0.2) is 27.1 Å². The van der Waals surface area contributed by atoms with Crippen LogP contribution in [0.1, 0.15) is 5.56 Å². The van der Waals surface area contributed by atoms with Crippen molar-refractivity contribution in [3.8, 4) is 0 Å². The van der Waals surface area contributed by atoms with Gasteiger partial charge in [0.1, 0.15) is 6.54 Å². The fourth-order valence-electron chi connectivity index (χ4n) is 2.58. The molecule has 0 unspecified atom stereocenters. The number of carbonyl (C=O) groups is 1. The van der Waals surface area contributed by atoms with Gasteiger partial charge in [0.15, 0.2) is 0 Å². The maximum Gasteiger partial charge on any atom is 0.264 e. The van der Waals surface area contributed by atoms with Crippen LogP contribution in [0.15, 0.2) is 87.3 Å². The number of hydrazone groups is 1. The number of nitrogens with zero attached hydrogens (tertiary/aromatic N) is 2. The highest BCUT2D eigenvalue weighted by atomic mass is 79.9. The molecule has 10 heteroatoms. The summed E-state index contributed by atoms with van der Waals surface area (Å²) in [6.07, 6.45) is 1.38. The van der Waals surface area contributed by atoms with Crippen molar-refractivity contribution in [3.63, 3.8) is 0 Å². The van der Waals surface area contributed by atoms with E-state index in [1.54, 1.807) is 60.7 Å². The van der Waals surface area contributed by atoms with Crippen molar-refractivity contribution >= 4 is 67.0 Å². The fourth-order valence-corrected chi connectivity index (χ4v) is 4.59. The van der Waals surface area contributed by atoms with E-state index in [-0.39, 0.29) is 4.90 Å². The lowest BCUT2D eigenvalue weighted by molar-refractivity contribution is -0.119. The van der Waals surface area contributed by atoms with Gasteiger partial charge >= 0.3 is 0 Å². The first-order valence-electron chi connectivity index (χ1n) is 8.88. The van der Waals surface area contributed by atoms with Crippen molar-refractivity contribution in [2.45, 2.75) is 4.90 Å². The van der Waals surface area contributed by atoms with Gasteiger partial charge in [-0.3, -0.25) is 9.10 Å². The van der Waals surface area contributed by atoms with Crippen molar-refractivity contribution in [2.24, 2.45) is 5.10 Å². The summed E-state index contributed by atoms with van der Waals surface area (Å²) in [5.41, 5.74) is 3.30. The van der Waals surface area contributed by atoms with Crippen LogP contribution in [0.5, 0.6) is 0 Å². The van der Waals surface area contributed by atoms with Gasteiger partial charge in [0, 0.05) is 4.47 Å². The van der Waals surface area contributed by atoms with E-state index >= 15 is 0 Å². The number of sulfonamides is 1. The van der Waals surface area contributed by atoms with Gasteiger partial charge in [0.05, 0.1) is 26.8 Å². The Morgan fingerprint density at radius 1 is 1.00 bits per heavy atom. The zero-order chi connectivity index (χ0) is 22.4. The lowest BCUT2D eigenvalue weighted by atomic mass is 10.2. The molecule has 0 saturated carbocycles. The van der Waals surface area contributed by atoms with Gasteiger partial charge < -0.3 is 0 Å². The smallest absolute Gasteiger partial charge is 0.264 e. The molecular formula is C21H16BrCl2N3O3S. The molecule has 0 aliphatic carbocycles. The molecule has 3 aromatic carbocycles. The predicted octanol–water partition coefficient (Wildman–Crippen LogP) is 5.10. The Morgan fingerprint density at radius 3 is 2.32 bits per heavy atom. The molecule has 3 rings (SSSR count). The van der Waals surface area contributed by atoms with E-state index in [0.29, 0.717) is 21.3 Å². The molecule has 0 radical (unpaired) electrons. The van der Waals surface area contributed by atoms with E-state index in [1.165, 1.54) is 18.3 Å². The monoisotopic (exact) mass is 539 g/mol. The summed E-state index contributed by atoms with van der Waals surface area (Å²) in [5, 5.41) is 4.63. The number of hydrogen-bond acceptors (Lipinski definition) is 4. The van der Waals surface area contributed by atoms with Gasteiger partial charge in [-0.1, -0.05) is 63.4 Å². The normalized spacial score (nSPS) is 11.5. The molecule has 0 heterocycles. The molecule has 0 bridgehead atoms. The fraction of sp³-hybridized carbons (Fsp3) is 0.0476. The first-order chi connectivity index (χ1) is 14.8. The molecule has 0 spiro atoms. The molecule has 0 saturated heterocycles. The van der Waals surface area contributed by atoms with Crippen LogP contribution in [0.25, 0.3) is 0 Å². The molecule has 0 aliphatic rings. The highest BCUT2D eigenvalue weighted by molar-refractivity contribution is 9.10.